The number of rotatable bonds is 6. The molecule has 0 unspecified atom stereocenters. The number of benzene rings is 1. The summed E-state index contributed by atoms with van der Waals surface area (Å²) in [6.45, 7) is 0.0856. The number of esters is 1. The molecule has 1 N–H and O–H groups in total. The topological polar surface area (TPSA) is 71.3 Å². The summed E-state index contributed by atoms with van der Waals surface area (Å²) in [5.74, 6) is -0.948. The Morgan fingerprint density at radius 1 is 1.36 bits per heavy atom. The number of carbonyl (C=O) groups is 1. The number of hydrogen-bond donors (Lipinski definition) is 1. The minimum Gasteiger partial charge on any atom is -0.459 e. The lowest BCUT2D eigenvalue weighted by Gasteiger charge is -2.12. The predicted molar refractivity (Wildman–Crippen MR) is 71.6 cm³/mol. The van der Waals surface area contributed by atoms with Gasteiger partial charge >= 0.3 is 12.1 Å². The van der Waals surface area contributed by atoms with Crippen LogP contribution < -0.4 is 5.32 Å². The average Bonchev–Trinajstić information content (AvgIpc) is 2.47. The molecule has 0 aliphatic rings. The second kappa shape index (κ2) is 8.05. The van der Waals surface area contributed by atoms with Crippen molar-refractivity contribution in [1.82, 2.24) is 0 Å². The molecule has 0 aromatic heterocycles. The van der Waals surface area contributed by atoms with E-state index in [2.05, 4.69) is 10.1 Å². The molecule has 118 valence electrons. The highest BCUT2D eigenvalue weighted by molar-refractivity contribution is 5.93. The normalized spacial score (nSPS) is 11.7. The van der Waals surface area contributed by atoms with Crippen molar-refractivity contribution in [3.63, 3.8) is 0 Å². The van der Waals surface area contributed by atoms with Crippen LogP contribution in [0.15, 0.2) is 36.0 Å². The van der Waals surface area contributed by atoms with Gasteiger partial charge in [-0.05, 0) is 12.1 Å². The van der Waals surface area contributed by atoms with Crippen molar-refractivity contribution in [3.8, 4) is 6.07 Å². The summed E-state index contributed by atoms with van der Waals surface area (Å²) in [5.41, 5.74) is -1.63. The fourth-order valence-electron chi connectivity index (χ4n) is 1.44. The molecule has 0 atom stereocenters. The molecule has 0 fully saturated rings. The van der Waals surface area contributed by atoms with Gasteiger partial charge in [-0.3, -0.25) is 0 Å². The number of nitriles is 1. The molecule has 1 rings (SSSR count). The first kappa shape index (κ1) is 17.5. The van der Waals surface area contributed by atoms with Crippen LogP contribution in [0.4, 0.5) is 18.9 Å². The van der Waals surface area contributed by atoms with E-state index in [1.165, 1.54) is 25.3 Å². The molecule has 0 radical (unpaired) electrons. The number of halogens is 3. The minimum atomic E-state index is -4.55. The van der Waals surface area contributed by atoms with E-state index in [0.29, 0.717) is 0 Å². The first-order valence-electron chi connectivity index (χ1n) is 6.09. The summed E-state index contributed by atoms with van der Waals surface area (Å²) in [6.07, 6.45) is -3.68. The Morgan fingerprint density at radius 2 is 2.05 bits per heavy atom. The molecular weight excluding hydrogens is 301 g/mol. The van der Waals surface area contributed by atoms with Crippen LogP contribution in [0.1, 0.15) is 5.56 Å². The van der Waals surface area contributed by atoms with Gasteiger partial charge in [0.25, 0.3) is 0 Å². The van der Waals surface area contributed by atoms with Gasteiger partial charge in [-0.2, -0.15) is 18.4 Å². The van der Waals surface area contributed by atoms with Crippen molar-refractivity contribution >= 4 is 11.7 Å². The SMILES string of the molecule is COCCOC(=O)C(C#N)=CNc1ccccc1C(F)(F)F. The molecule has 0 saturated heterocycles. The zero-order chi connectivity index (χ0) is 16.6. The highest BCUT2D eigenvalue weighted by atomic mass is 19.4. The van der Waals surface area contributed by atoms with E-state index >= 15 is 0 Å². The average molecular weight is 314 g/mol. The Balaban J connectivity index is 2.86. The Morgan fingerprint density at radius 3 is 2.64 bits per heavy atom. The predicted octanol–water partition coefficient (Wildman–Crippen LogP) is 2.71. The third-order valence-electron chi connectivity index (χ3n) is 2.47. The maximum Gasteiger partial charge on any atom is 0.418 e. The van der Waals surface area contributed by atoms with Gasteiger partial charge in [0.1, 0.15) is 12.7 Å². The molecule has 0 spiro atoms. The van der Waals surface area contributed by atoms with Crippen LogP contribution >= 0.6 is 0 Å². The van der Waals surface area contributed by atoms with Gasteiger partial charge in [0.2, 0.25) is 0 Å². The quantitative estimate of drug-likeness (QED) is 0.378. The molecular formula is C14H13F3N2O3. The molecule has 1 aromatic carbocycles. The zero-order valence-electron chi connectivity index (χ0n) is 11.6. The maximum absolute atomic E-state index is 12.8. The number of hydrogen-bond acceptors (Lipinski definition) is 5. The molecule has 8 heteroatoms. The first-order valence-corrected chi connectivity index (χ1v) is 6.09. The number of methoxy groups -OCH3 is 1. The van der Waals surface area contributed by atoms with Crippen molar-refractivity contribution in [3.05, 3.63) is 41.6 Å². The van der Waals surface area contributed by atoms with E-state index in [-0.39, 0.29) is 18.9 Å². The van der Waals surface area contributed by atoms with E-state index in [1.54, 1.807) is 6.07 Å². The number of nitrogens with zero attached hydrogens (tertiary/aromatic N) is 1. The van der Waals surface area contributed by atoms with E-state index in [0.717, 1.165) is 12.3 Å². The minimum absolute atomic E-state index is 0.0620. The highest BCUT2D eigenvalue weighted by Gasteiger charge is 2.33. The Bertz CT molecular complexity index is 592. The summed E-state index contributed by atoms with van der Waals surface area (Å²) in [4.78, 5) is 11.5. The highest BCUT2D eigenvalue weighted by Crippen LogP contribution is 2.34. The van der Waals surface area contributed by atoms with Gasteiger partial charge in [-0.15, -0.1) is 0 Å². The number of nitrogens with one attached hydrogen (secondary N) is 1. The van der Waals surface area contributed by atoms with Crippen molar-refractivity contribution in [1.29, 1.82) is 5.26 Å². The number of ether oxygens (including phenoxy) is 2. The van der Waals surface area contributed by atoms with Gasteiger partial charge in [0.15, 0.2) is 5.57 Å². The summed E-state index contributed by atoms with van der Waals surface area (Å²) in [6, 6.07) is 6.27. The molecule has 22 heavy (non-hydrogen) atoms. The second-order valence-electron chi connectivity index (χ2n) is 3.99. The first-order chi connectivity index (χ1) is 10.4. The van der Waals surface area contributed by atoms with E-state index in [1.807, 2.05) is 0 Å². The van der Waals surface area contributed by atoms with Gasteiger partial charge < -0.3 is 14.8 Å². The number of anilines is 1. The van der Waals surface area contributed by atoms with Gasteiger partial charge in [-0.25, -0.2) is 4.79 Å². The Kier molecular flexibility index (Phi) is 6.41. The van der Waals surface area contributed by atoms with Crippen molar-refractivity contribution < 1.29 is 27.4 Å². The van der Waals surface area contributed by atoms with Crippen LogP contribution in [0.2, 0.25) is 0 Å². The van der Waals surface area contributed by atoms with Crippen LogP contribution in [0.3, 0.4) is 0 Å². The fraction of sp³-hybridized carbons (Fsp3) is 0.286. The van der Waals surface area contributed by atoms with Gasteiger partial charge in [0, 0.05) is 13.3 Å². The molecule has 0 heterocycles. The van der Waals surface area contributed by atoms with Crippen molar-refractivity contribution in [2.75, 3.05) is 25.6 Å². The van der Waals surface area contributed by atoms with Crippen LogP contribution in [-0.2, 0) is 20.4 Å². The third kappa shape index (κ3) is 5.10. The van der Waals surface area contributed by atoms with Crippen LogP contribution in [0.25, 0.3) is 0 Å². The van der Waals surface area contributed by atoms with E-state index < -0.39 is 23.3 Å². The van der Waals surface area contributed by atoms with Crippen molar-refractivity contribution in [2.45, 2.75) is 6.18 Å². The largest absolute Gasteiger partial charge is 0.459 e. The van der Waals surface area contributed by atoms with E-state index in [9.17, 15) is 18.0 Å². The summed E-state index contributed by atoms with van der Waals surface area (Å²) >= 11 is 0. The zero-order valence-corrected chi connectivity index (χ0v) is 11.6. The standard InChI is InChI=1S/C14H13F3N2O3/c1-21-6-7-22-13(20)10(8-18)9-19-12-5-3-2-4-11(12)14(15,16)17/h2-5,9,19H,6-7H2,1H3. The summed E-state index contributed by atoms with van der Waals surface area (Å²) in [7, 11) is 1.41. The molecule has 0 aliphatic heterocycles. The second-order valence-corrected chi connectivity index (χ2v) is 3.99. The number of para-hydroxylation sites is 1. The van der Waals surface area contributed by atoms with Crippen molar-refractivity contribution in [2.24, 2.45) is 0 Å². The van der Waals surface area contributed by atoms with Gasteiger partial charge in [0.05, 0.1) is 17.9 Å². The third-order valence-corrected chi connectivity index (χ3v) is 2.47. The lowest BCUT2D eigenvalue weighted by atomic mass is 10.1. The van der Waals surface area contributed by atoms with Gasteiger partial charge in [-0.1, -0.05) is 12.1 Å². The monoisotopic (exact) mass is 314 g/mol. The molecule has 0 amide bonds. The molecule has 5 nitrogen and oxygen atoms in total. The van der Waals surface area contributed by atoms with Crippen LogP contribution in [0, 0.1) is 11.3 Å². The molecule has 1 aromatic rings. The Labute approximate surface area is 124 Å². The lowest BCUT2D eigenvalue weighted by molar-refractivity contribution is -0.139. The molecule has 0 aliphatic carbocycles. The van der Waals surface area contributed by atoms with Crippen LogP contribution in [0.5, 0.6) is 0 Å². The maximum atomic E-state index is 12.8. The summed E-state index contributed by atoms with van der Waals surface area (Å²) < 4.78 is 47.7. The molecule has 0 bridgehead atoms. The number of carbonyl (C=O) groups excluding carboxylic acids is 1. The fourth-order valence-corrected chi connectivity index (χ4v) is 1.44. The Hall–Kier alpha value is -2.53. The smallest absolute Gasteiger partial charge is 0.418 e. The molecule has 0 saturated carbocycles. The van der Waals surface area contributed by atoms with E-state index in [4.69, 9.17) is 10.00 Å². The van der Waals surface area contributed by atoms with Crippen LogP contribution in [-0.4, -0.2) is 26.3 Å². The summed E-state index contributed by atoms with van der Waals surface area (Å²) in [5, 5.41) is 11.2. The lowest BCUT2D eigenvalue weighted by Crippen LogP contribution is -2.13. The number of alkyl halides is 3.